The third-order valence-electron chi connectivity index (χ3n) is 1.90. The molecule has 0 radical (unpaired) electrons. The van der Waals surface area contributed by atoms with Crippen LogP contribution in [0.4, 0.5) is 0 Å². The van der Waals surface area contributed by atoms with Crippen molar-refractivity contribution in [1.29, 1.82) is 0 Å². The van der Waals surface area contributed by atoms with Gasteiger partial charge < -0.3 is 5.32 Å². The fourth-order valence-corrected chi connectivity index (χ4v) is 2.63. The first-order valence-electron chi connectivity index (χ1n) is 3.92. The molecule has 0 saturated carbocycles. The topological polar surface area (TPSA) is 29.1 Å². The Labute approximate surface area is 64.8 Å². The highest BCUT2D eigenvalue weighted by Crippen LogP contribution is 2.05. The molecule has 10 heavy (non-hydrogen) atoms. The Morgan fingerprint density at radius 1 is 1.70 bits per heavy atom. The van der Waals surface area contributed by atoms with Gasteiger partial charge in [-0.2, -0.15) is 0 Å². The highest BCUT2D eigenvalue weighted by molar-refractivity contribution is 7.85. The number of rotatable bonds is 1. The van der Waals surface area contributed by atoms with Crippen molar-refractivity contribution in [3.8, 4) is 0 Å². The van der Waals surface area contributed by atoms with Crippen molar-refractivity contribution in [2.75, 3.05) is 18.8 Å². The lowest BCUT2D eigenvalue weighted by Gasteiger charge is -2.09. The molecule has 2 nitrogen and oxygen atoms in total. The molecule has 1 rings (SSSR count). The van der Waals surface area contributed by atoms with Crippen LogP contribution in [0.2, 0.25) is 0 Å². The Balaban J connectivity index is 2.43. The van der Waals surface area contributed by atoms with E-state index >= 15 is 0 Å². The predicted molar refractivity (Wildman–Crippen MR) is 44.6 cm³/mol. The molecule has 60 valence electrons. The number of hydrogen-bond acceptors (Lipinski definition) is 2. The Morgan fingerprint density at radius 3 is 3.20 bits per heavy atom. The van der Waals surface area contributed by atoms with Crippen molar-refractivity contribution >= 4 is 10.8 Å². The molecule has 1 N–H and O–H groups in total. The molecule has 1 aliphatic rings. The van der Waals surface area contributed by atoms with E-state index in [9.17, 15) is 4.21 Å². The van der Waals surface area contributed by atoms with E-state index in [0.717, 1.165) is 31.7 Å². The maximum atomic E-state index is 11.3. The van der Waals surface area contributed by atoms with Gasteiger partial charge in [0.2, 0.25) is 0 Å². The summed E-state index contributed by atoms with van der Waals surface area (Å²) in [5.74, 6) is 0.894. The summed E-state index contributed by atoms with van der Waals surface area (Å²) in [5, 5.41) is 3.69. The van der Waals surface area contributed by atoms with Crippen molar-refractivity contribution in [2.24, 2.45) is 0 Å². The van der Waals surface area contributed by atoms with Gasteiger partial charge in [0, 0.05) is 28.3 Å². The van der Waals surface area contributed by atoms with Gasteiger partial charge >= 0.3 is 0 Å². The number of nitrogens with one attached hydrogen (secondary N) is 1. The molecule has 1 fully saturated rings. The van der Waals surface area contributed by atoms with Gasteiger partial charge in [0.25, 0.3) is 0 Å². The highest BCUT2D eigenvalue weighted by atomic mass is 32.2. The van der Waals surface area contributed by atoms with Gasteiger partial charge in [-0.05, 0) is 19.4 Å². The first-order valence-corrected chi connectivity index (χ1v) is 5.30. The lowest BCUT2D eigenvalue weighted by Crippen LogP contribution is -2.26. The summed E-state index contributed by atoms with van der Waals surface area (Å²) in [6.07, 6.45) is 2.11. The highest BCUT2D eigenvalue weighted by Gasteiger charge is 2.16. The lowest BCUT2D eigenvalue weighted by atomic mass is 10.3. The quantitative estimate of drug-likeness (QED) is 0.607. The summed E-state index contributed by atoms with van der Waals surface area (Å²) >= 11 is 0. The molecule has 0 amide bonds. The van der Waals surface area contributed by atoms with Gasteiger partial charge in [-0.15, -0.1) is 0 Å². The van der Waals surface area contributed by atoms with E-state index in [1.54, 1.807) is 0 Å². The molecule has 2 atom stereocenters. The molecule has 3 heteroatoms. The first kappa shape index (κ1) is 8.21. The second-order valence-corrected chi connectivity index (χ2v) is 4.51. The molecule has 0 aromatic rings. The standard InChI is InChI=1S/C7H15NOS/c1-2-7-6-8-4-3-5-10(7)9/h7-8H,2-6H2,1H3. The minimum absolute atomic E-state index is 0.405. The zero-order valence-corrected chi connectivity index (χ0v) is 7.25. The van der Waals surface area contributed by atoms with E-state index in [4.69, 9.17) is 0 Å². The van der Waals surface area contributed by atoms with Crippen LogP contribution in [-0.4, -0.2) is 28.3 Å². The smallest absolute Gasteiger partial charge is 0.0470 e. The van der Waals surface area contributed by atoms with Crippen LogP contribution in [0.25, 0.3) is 0 Å². The third-order valence-corrected chi connectivity index (χ3v) is 3.83. The maximum Gasteiger partial charge on any atom is 0.0470 e. The normalized spacial score (nSPS) is 35.3. The molecule has 1 aliphatic heterocycles. The van der Waals surface area contributed by atoms with Crippen LogP contribution in [0.1, 0.15) is 19.8 Å². The molecule has 0 spiro atoms. The van der Waals surface area contributed by atoms with Gasteiger partial charge in [0.1, 0.15) is 0 Å². The van der Waals surface area contributed by atoms with Crippen LogP contribution in [0.15, 0.2) is 0 Å². The van der Waals surface area contributed by atoms with Crippen molar-refractivity contribution < 1.29 is 4.21 Å². The van der Waals surface area contributed by atoms with E-state index in [1.165, 1.54) is 0 Å². The molecule has 2 unspecified atom stereocenters. The average molecular weight is 161 g/mol. The molecular weight excluding hydrogens is 146 g/mol. The van der Waals surface area contributed by atoms with Gasteiger partial charge in [0.15, 0.2) is 0 Å². The summed E-state index contributed by atoms with van der Waals surface area (Å²) in [4.78, 5) is 0. The van der Waals surface area contributed by atoms with Gasteiger partial charge in [-0.1, -0.05) is 6.92 Å². The molecule has 1 heterocycles. The molecular formula is C7H15NOS. The van der Waals surface area contributed by atoms with Gasteiger partial charge in [0.05, 0.1) is 0 Å². The van der Waals surface area contributed by atoms with Gasteiger partial charge in [-0.3, -0.25) is 4.21 Å². The largest absolute Gasteiger partial charge is 0.316 e. The second-order valence-electron chi connectivity index (χ2n) is 2.67. The van der Waals surface area contributed by atoms with Crippen LogP contribution in [0.3, 0.4) is 0 Å². The summed E-state index contributed by atoms with van der Waals surface area (Å²) in [7, 11) is -0.558. The number of hydrogen-bond donors (Lipinski definition) is 1. The van der Waals surface area contributed by atoms with E-state index in [2.05, 4.69) is 12.2 Å². The maximum absolute atomic E-state index is 11.3. The Hall–Kier alpha value is 0.110. The first-order chi connectivity index (χ1) is 4.84. The predicted octanol–water partition coefficient (Wildman–Crippen LogP) is 0.507. The fourth-order valence-electron chi connectivity index (χ4n) is 1.19. The van der Waals surface area contributed by atoms with Crippen LogP contribution in [-0.2, 0) is 10.8 Å². The Morgan fingerprint density at radius 2 is 2.50 bits per heavy atom. The molecule has 0 bridgehead atoms. The average Bonchev–Trinajstić information content (AvgIpc) is 2.13. The lowest BCUT2D eigenvalue weighted by molar-refractivity contribution is 0.642. The van der Waals surface area contributed by atoms with Crippen molar-refractivity contribution in [3.63, 3.8) is 0 Å². The molecule has 0 aromatic heterocycles. The zero-order valence-electron chi connectivity index (χ0n) is 6.43. The minimum atomic E-state index is -0.558. The van der Waals surface area contributed by atoms with E-state index in [-0.39, 0.29) is 0 Å². The Kier molecular flexibility index (Phi) is 3.35. The van der Waals surface area contributed by atoms with Crippen LogP contribution in [0.5, 0.6) is 0 Å². The second kappa shape index (κ2) is 4.09. The molecule has 1 saturated heterocycles. The zero-order chi connectivity index (χ0) is 7.40. The van der Waals surface area contributed by atoms with Crippen LogP contribution < -0.4 is 5.32 Å². The minimum Gasteiger partial charge on any atom is -0.316 e. The fraction of sp³-hybridized carbons (Fsp3) is 1.00. The summed E-state index contributed by atoms with van der Waals surface area (Å²) in [6.45, 7) is 4.10. The summed E-state index contributed by atoms with van der Waals surface area (Å²) in [6, 6.07) is 0. The Bertz CT molecular complexity index is 127. The van der Waals surface area contributed by atoms with Crippen molar-refractivity contribution in [3.05, 3.63) is 0 Å². The van der Waals surface area contributed by atoms with Crippen LogP contribution in [0, 0.1) is 0 Å². The van der Waals surface area contributed by atoms with Gasteiger partial charge in [-0.25, -0.2) is 0 Å². The van der Waals surface area contributed by atoms with Crippen LogP contribution >= 0.6 is 0 Å². The summed E-state index contributed by atoms with van der Waals surface area (Å²) < 4.78 is 11.3. The SMILES string of the molecule is CCC1CNCCCS1=O. The molecule has 0 aliphatic carbocycles. The monoisotopic (exact) mass is 161 g/mol. The molecule has 0 aromatic carbocycles. The summed E-state index contributed by atoms with van der Waals surface area (Å²) in [5.41, 5.74) is 0. The van der Waals surface area contributed by atoms with E-state index < -0.39 is 10.8 Å². The third kappa shape index (κ3) is 2.06. The van der Waals surface area contributed by atoms with E-state index in [1.807, 2.05) is 0 Å². The van der Waals surface area contributed by atoms with Crippen molar-refractivity contribution in [2.45, 2.75) is 25.0 Å². The van der Waals surface area contributed by atoms with E-state index in [0.29, 0.717) is 5.25 Å². The van der Waals surface area contributed by atoms with Crippen molar-refractivity contribution in [1.82, 2.24) is 5.32 Å².